The summed E-state index contributed by atoms with van der Waals surface area (Å²) in [5.41, 5.74) is 2.95. The fourth-order valence-corrected chi connectivity index (χ4v) is 0.957. The summed E-state index contributed by atoms with van der Waals surface area (Å²) in [5, 5.41) is 2.45. The van der Waals surface area contributed by atoms with Gasteiger partial charge in [0.05, 0.1) is 7.11 Å². The first-order chi connectivity index (χ1) is 7.17. The molecular weight excluding hydrogens is 198 g/mol. The molecule has 0 spiro atoms. The maximum absolute atomic E-state index is 11.1. The Hall–Kier alpha value is -2.08. The number of carbonyl (C=O) groups excluding carboxylic acids is 2. The van der Waals surface area contributed by atoms with Crippen LogP contribution in [-0.2, 0) is 4.74 Å². The number of hydrazine groups is 1. The van der Waals surface area contributed by atoms with E-state index in [1.165, 1.54) is 19.2 Å². The minimum atomic E-state index is -0.564. The van der Waals surface area contributed by atoms with Crippen molar-refractivity contribution in [1.29, 1.82) is 0 Å². The largest absolute Gasteiger partial charge is 0.453 e. The fourth-order valence-electron chi connectivity index (χ4n) is 0.957. The fraction of sp³-hybridized carbons (Fsp3) is 0.111. The minimum Gasteiger partial charge on any atom is -0.453 e. The zero-order chi connectivity index (χ0) is 11.3. The molecule has 6 heteroatoms. The van der Waals surface area contributed by atoms with Crippen LogP contribution in [0.2, 0.25) is 0 Å². The van der Waals surface area contributed by atoms with Crippen LogP contribution in [0.15, 0.2) is 24.3 Å². The number of benzene rings is 1. The molecule has 1 rings (SSSR count). The third-order valence-electron chi connectivity index (χ3n) is 1.71. The smallest absolute Gasteiger partial charge is 0.411 e. The molecule has 0 bridgehead atoms. The van der Waals surface area contributed by atoms with Gasteiger partial charge in [0.15, 0.2) is 0 Å². The lowest BCUT2D eigenvalue weighted by molar-refractivity contribution is 0.0953. The third kappa shape index (κ3) is 2.96. The molecular formula is C9H11N3O3. The maximum atomic E-state index is 11.1. The lowest BCUT2D eigenvalue weighted by Crippen LogP contribution is -2.29. The summed E-state index contributed by atoms with van der Waals surface area (Å²) in [6.45, 7) is 0. The summed E-state index contributed by atoms with van der Waals surface area (Å²) >= 11 is 0. The summed E-state index contributed by atoms with van der Waals surface area (Å²) in [5.74, 6) is 4.57. The second-order valence-electron chi connectivity index (χ2n) is 2.67. The van der Waals surface area contributed by atoms with Gasteiger partial charge in [0.1, 0.15) is 0 Å². The highest BCUT2D eigenvalue weighted by Gasteiger charge is 2.04. The third-order valence-corrected chi connectivity index (χ3v) is 1.71. The van der Waals surface area contributed by atoms with Gasteiger partial charge in [-0.3, -0.25) is 15.5 Å². The van der Waals surface area contributed by atoms with Crippen molar-refractivity contribution in [3.8, 4) is 0 Å². The lowest BCUT2D eigenvalue weighted by atomic mass is 10.2. The van der Waals surface area contributed by atoms with E-state index in [0.29, 0.717) is 11.3 Å². The van der Waals surface area contributed by atoms with E-state index in [-0.39, 0.29) is 5.91 Å². The summed E-state index contributed by atoms with van der Waals surface area (Å²) in [6.07, 6.45) is -0.564. The second kappa shape index (κ2) is 4.97. The zero-order valence-corrected chi connectivity index (χ0v) is 8.11. The molecule has 0 radical (unpaired) electrons. The van der Waals surface area contributed by atoms with Gasteiger partial charge in [-0.05, 0) is 24.3 Å². The van der Waals surface area contributed by atoms with Crippen LogP contribution in [0.3, 0.4) is 0 Å². The Balaban J connectivity index is 2.72. The predicted octanol–water partition coefficient (Wildman–Crippen LogP) is 0.468. The minimum absolute atomic E-state index is 0.389. The molecule has 0 fully saturated rings. The van der Waals surface area contributed by atoms with Crippen molar-refractivity contribution in [3.63, 3.8) is 0 Å². The van der Waals surface area contributed by atoms with Crippen molar-refractivity contribution in [3.05, 3.63) is 29.8 Å². The number of hydrogen-bond acceptors (Lipinski definition) is 4. The number of hydrogen-bond donors (Lipinski definition) is 3. The van der Waals surface area contributed by atoms with E-state index in [1.54, 1.807) is 12.1 Å². The SMILES string of the molecule is COC(=O)Nc1ccc(C(=O)NN)cc1. The molecule has 4 N–H and O–H groups in total. The van der Waals surface area contributed by atoms with Crippen molar-refractivity contribution in [2.45, 2.75) is 0 Å². The van der Waals surface area contributed by atoms with Crippen LogP contribution in [0.1, 0.15) is 10.4 Å². The molecule has 0 saturated heterocycles. The number of nitrogens with one attached hydrogen (secondary N) is 2. The Kier molecular flexibility index (Phi) is 3.64. The molecule has 0 heterocycles. The number of nitrogen functional groups attached to an aromatic ring is 1. The van der Waals surface area contributed by atoms with Gasteiger partial charge in [0.2, 0.25) is 0 Å². The highest BCUT2D eigenvalue weighted by Crippen LogP contribution is 2.09. The highest BCUT2D eigenvalue weighted by molar-refractivity contribution is 5.94. The Bertz CT molecular complexity index is 361. The molecule has 1 aromatic rings. The number of carbonyl (C=O) groups is 2. The van der Waals surface area contributed by atoms with Gasteiger partial charge in [0.25, 0.3) is 5.91 Å². The van der Waals surface area contributed by atoms with E-state index in [2.05, 4.69) is 10.1 Å². The van der Waals surface area contributed by atoms with Crippen LogP contribution in [0.25, 0.3) is 0 Å². The van der Waals surface area contributed by atoms with E-state index in [0.717, 1.165) is 0 Å². The van der Waals surface area contributed by atoms with E-state index in [4.69, 9.17) is 5.84 Å². The molecule has 1 aromatic carbocycles. The van der Waals surface area contributed by atoms with Gasteiger partial charge in [-0.25, -0.2) is 10.6 Å². The van der Waals surface area contributed by atoms with Crippen molar-refractivity contribution in [2.75, 3.05) is 12.4 Å². The number of nitrogens with two attached hydrogens (primary N) is 1. The highest BCUT2D eigenvalue weighted by atomic mass is 16.5. The molecule has 15 heavy (non-hydrogen) atoms. The van der Waals surface area contributed by atoms with Gasteiger partial charge >= 0.3 is 6.09 Å². The average Bonchev–Trinajstić information content (AvgIpc) is 2.29. The Morgan fingerprint density at radius 3 is 2.33 bits per heavy atom. The molecule has 80 valence electrons. The normalized spacial score (nSPS) is 9.20. The Morgan fingerprint density at radius 1 is 1.27 bits per heavy atom. The molecule has 0 aromatic heterocycles. The average molecular weight is 209 g/mol. The molecule has 0 unspecified atom stereocenters. The van der Waals surface area contributed by atoms with Crippen molar-refractivity contribution in [1.82, 2.24) is 5.43 Å². The molecule has 0 aliphatic rings. The van der Waals surface area contributed by atoms with Crippen LogP contribution in [0.4, 0.5) is 10.5 Å². The van der Waals surface area contributed by atoms with Crippen LogP contribution in [0.5, 0.6) is 0 Å². The maximum Gasteiger partial charge on any atom is 0.411 e. The van der Waals surface area contributed by atoms with E-state index in [9.17, 15) is 9.59 Å². The molecule has 0 atom stereocenters. The monoisotopic (exact) mass is 209 g/mol. The lowest BCUT2D eigenvalue weighted by Gasteiger charge is -2.04. The van der Waals surface area contributed by atoms with Crippen LogP contribution in [-0.4, -0.2) is 19.1 Å². The summed E-state index contributed by atoms with van der Waals surface area (Å²) in [7, 11) is 1.27. The number of methoxy groups -OCH3 is 1. The first kappa shape index (κ1) is 11.0. The van der Waals surface area contributed by atoms with E-state index in [1.807, 2.05) is 5.43 Å². The van der Waals surface area contributed by atoms with Crippen molar-refractivity contribution < 1.29 is 14.3 Å². The second-order valence-corrected chi connectivity index (χ2v) is 2.67. The first-order valence-corrected chi connectivity index (χ1v) is 4.13. The molecule has 0 aliphatic heterocycles. The predicted molar refractivity (Wildman–Crippen MR) is 54.1 cm³/mol. The van der Waals surface area contributed by atoms with Crippen LogP contribution in [0, 0.1) is 0 Å². The molecule has 0 saturated carbocycles. The van der Waals surface area contributed by atoms with Crippen molar-refractivity contribution >= 4 is 17.7 Å². The molecule has 6 nitrogen and oxygen atoms in total. The summed E-state index contributed by atoms with van der Waals surface area (Å²) < 4.78 is 4.40. The topological polar surface area (TPSA) is 93.4 Å². The van der Waals surface area contributed by atoms with E-state index < -0.39 is 6.09 Å². The van der Waals surface area contributed by atoms with Gasteiger partial charge in [-0.2, -0.15) is 0 Å². The summed E-state index contributed by atoms with van der Waals surface area (Å²) in [6, 6.07) is 6.21. The van der Waals surface area contributed by atoms with Gasteiger partial charge < -0.3 is 4.74 Å². The van der Waals surface area contributed by atoms with E-state index >= 15 is 0 Å². The van der Waals surface area contributed by atoms with Gasteiger partial charge in [-0.1, -0.05) is 0 Å². The quantitative estimate of drug-likeness (QED) is 0.375. The Labute approximate surface area is 86.4 Å². The molecule has 2 amide bonds. The molecule has 0 aliphatic carbocycles. The number of rotatable bonds is 2. The first-order valence-electron chi connectivity index (χ1n) is 4.13. The van der Waals surface area contributed by atoms with Gasteiger partial charge in [-0.15, -0.1) is 0 Å². The number of ether oxygens (including phenoxy) is 1. The van der Waals surface area contributed by atoms with Gasteiger partial charge in [0, 0.05) is 11.3 Å². The summed E-state index contributed by atoms with van der Waals surface area (Å²) in [4.78, 5) is 21.9. The zero-order valence-electron chi connectivity index (χ0n) is 8.11. The standard InChI is InChI=1S/C9H11N3O3/c1-15-9(14)11-7-4-2-6(3-5-7)8(13)12-10/h2-5H,10H2,1H3,(H,11,14)(H,12,13). The van der Waals surface area contributed by atoms with Crippen molar-refractivity contribution in [2.24, 2.45) is 5.84 Å². The van der Waals surface area contributed by atoms with Crippen LogP contribution >= 0.6 is 0 Å². The number of anilines is 1. The van der Waals surface area contributed by atoms with Crippen LogP contribution < -0.4 is 16.6 Å². The Morgan fingerprint density at radius 2 is 1.87 bits per heavy atom. The number of amides is 2.